The van der Waals surface area contributed by atoms with Gasteiger partial charge in [0.1, 0.15) is 5.00 Å². The predicted molar refractivity (Wildman–Crippen MR) is 125 cm³/mol. The fraction of sp³-hybridized carbons (Fsp3) is 0.440. The number of rotatable bonds is 9. The van der Waals surface area contributed by atoms with Crippen molar-refractivity contribution in [3.05, 3.63) is 51.9 Å². The minimum absolute atomic E-state index is 0.224. The third kappa shape index (κ3) is 5.60. The number of anilines is 1. The molecule has 33 heavy (non-hydrogen) atoms. The van der Waals surface area contributed by atoms with E-state index >= 15 is 0 Å². The third-order valence-corrected chi connectivity index (χ3v) is 7.04. The minimum Gasteiger partial charge on any atom is -0.469 e. The first-order chi connectivity index (χ1) is 15.9. The number of methoxy groups -OCH3 is 1. The van der Waals surface area contributed by atoms with E-state index in [0.29, 0.717) is 42.7 Å². The Morgan fingerprint density at radius 3 is 2.58 bits per heavy atom. The molecule has 0 unspecified atom stereocenters. The van der Waals surface area contributed by atoms with Crippen molar-refractivity contribution in [3.8, 4) is 6.07 Å². The number of amides is 1. The normalized spacial score (nSPS) is 16.9. The molecule has 3 rings (SSSR count). The summed E-state index contributed by atoms with van der Waals surface area (Å²) in [6.07, 6.45) is 3.20. The number of unbranched alkanes of at least 4 members (excludes halogenated alkanes) is 1. The molecule has 7 nitrogen and oxygen atoms in total. The molecule has 1 aromatic heterocycles. The number of fused-ring (bicyclic) bond motifs is 1. The van der Waals surface area contributed by atoms with E-state index in [9.17, 15) is 19.6 Å². The van der Waals surface area contributed by atoms with Crippen molar-refractivity contribution in [2.24, 2.45) is 0 Å². The van der Waals surface area contributed by atoms with Gasteiger partial charge in [-0.3, -0.25) is 9.59 Å². The molecule has 1 heterocycles. The standard InChI is InChI=1S/C25H28N2O5S/c1-3-32-24(30)22-18-13-14-25(16-26,17-9-5-4-6-10-17)15-19(18)33-23(22)27-20(28)11-7-8-12-21(29)31-2/h4-6,9-10H,3,7-8,11-15H2,1-2H3,(H,27,28)/t25-/m1/s1. The number of nitrogens with one attached hydrogen (secondary N) is 1. The second-order valence-corrected chi connectivity index (χ2v) is 9.10. The van der Waals surface area contributed by atoms with E-state index in [0.717, 1.165) is 16.0 Å². The molecule has 0 radical (unpaired) electrons. The van der Waals surface area contributed by atoms with Gasteiger partial charge in [0.05, 0.1) is 30.8 Å². The third-order valence-electron chi connectivity index (χ3n) is 5.89. The molecule has 1 N–H and O–H groups in total. The Morgan fingerprint density at radius 2 is 1.91 bits per heavy atom. The monoisotopic (exact) mass is 468 g/mol. The summed E-state index contributed by atoms with van der Waals surface area (Å²) in [6, 6.07) is 12.2. The SMILES string of the molecule is CCOC(=O)c1c(NC(=O)CCCCC(=O)OC)sc2c1CC[C@@](C#N)(c1ccccc1)C2. The molecular formula is C25H28N2O5S. The maximum atomic E-state index is 12.8. The van der Waals surface area contributed by atoms with E-state index in [1.54, 1.807) is 6.92 Å². The predicted octanol–water partition coefficient (Wildman–Crippen LogP) is 4.55. The molecule has 1 aliphatic rings. The maximum absolute atomic E-state index is 12.8. The summed E-state index contributed by atoms with van der Waals surface area (Å²) in [5.41, 5.74) is 1.56. The van der Waals surface area contributed by atoms with Crippen LogP contribution in [-0.4, -0.2) is 31.6 Å². The van der Waals surface area contributed by atoms with Crippen LogP contribution in [0, 0.1) is 11.3 Å². The van der Waals surface area contributed by atoms with Crippen LogP contribution in [0.2, 0.25) is 0 Å². The van der Waals surface area contributed by atoms with Gasteiger partial charge in [-0.2, -0.15) is 5.26 Å². The Hall–Kier alpha value is -3.18. The first kappa shape index (κ1) is 24.5. The lowest BCUT2D eigenvalue weighted by molar-refractivity contribution is -0.140. The second-order valence-electron chi connectivity index (χ2n) is 8.00. The van der Waals surface area contributed by atoms with Gasteiger partial charge in [-0.15, -0.1) is 11.3 Å². The zero-order chi connectivity index (χ0) is 23.8. The van der Waals surface area contributed by atoms with Crippen molar-refractivity contribution in [2.75, 3.05) is 19.0 Å². The summed E-state index contributed by atoms with van der Waals surface area (Å²) in [5, 5.41) is 13.4. The summed E-state index contributed by atoms with van der Waals surface area (Å²) in [5.74, 6) is -0.982. The molecule has 0 aliphatic heterocycles. The fourth-order valence-electron chi connectivity index (χ4n) is 4.14. The minimum atomic E-state index is -0.666. The van der Waals surface area contributed by atoms with Gasteiger partial charge in [-0.1, -0.05) is 30.3 Å². The van der Waals surface area contributed by atoms with Crippen LogP contribution in [0.15, 0.2) is 30.3 Å². The number of nitrogens with zero attached hydrogens (tertiary/aromatic N) is 1. The quantitative estimate of drug-likeness (QED) is 0.428. The van der Waals surface area contributed by atoms with Crippen LogP contribution in [-0.2, 0) is 37.3 Å². The molecule has 174 valence electrons. The summed E-state index contributed by atoms with van der Waals surface area (Å²) in [4.78, 5) is 37.5. The highest BCUT2D eigenvalue weighted by Gasteiger charge is 2.40. The number of ether oxygens (including phenoxy) is 2. The lowest BCUT2D eigenvalue weighted by atomic mass is 9.70. The van der Waals surface area contributed by atoms with Crippen LogP contribution in [0.4, 0.5) is 5.00 Å². The molecule has 0 saturated carbocycles. The lowest BCUT2D eigenvalue weighted by Crippen LogP contribution is -2.31. The van der Waals surface area contributed by atoms with Gasteiger partial charge < -0.3 is 14.8 Å². The highest BCUT2D eigenvalue weighted by atomic mass is 32.1. The zero-order valence-electron chi connectivity index (χ0n) is 18.9. The Labute approximate surface area is 197 Å². The van der Waals surface area contributed by atoms with Gasteiger partial charge in [-0.25, -0.2) is 4.79 Å². The Kier molecular flexibility index (Phi) is 8.23. The van der Waals surface area contributed by atoms with Gasteiger partial charge in [0, 0.05) is 24.1 Å². The van der Waals surface area contributed by atoms with E-state index in [1.165, 1.54) is 18.4 Å². The average molecular weight is 469 g/mol. The smallest absolute Gasteiger partial charge is 0.341 e. The highest BCUT2D eigenvalue weighted by Crippen LogP contribution is 2.45. The lowest BCUT2D eigenvalue weighted by Gasteiger charge is -2.31. The number of carbonyl (C=O) groups excluding carboxylic acids is 3. The van der Waals surface area contributed by atoms with Crippen molar-refractivity contribution >= 4 is 34.2 Å². The number of hydrogen-bond acceptors (Lipinski definition) is 7. The van der Waals surface area contributed by atoms with Crippen LogP contribution in [0.25, 0.3) is 0 Å². The van der Waals surface area contributed by atoms with Crippen molar-refractivity contribution < 1.29 is 23.9 Å². The summed E-state index contributed by atoms with van der Waals surface area (Å²) >= 11 is 1.35. The number of thiophene rings is 1. The van der Waals surface area contributed by atoms with Crippen molar-refractivity contribution in [1.29, 1.82) is 5.26 Å². The largest absolute Gasteiger partial charge is 0.469 e. The van der Waals surface area contributed by atoms with Gasteiger partial charge in [0.25, 0.3) is 0 Å². The van der Waals surface area contributed by atoms with Crippen molar-refractivity contribution in [2.45, 2.75) is 57.3 Å². The summed E-state index contributed by atoms with van der Waals surface area (Å²) in [6.45, 7) is 1.98. The van der Waals surface area contributed by atoms with Crippen LogP contribution in [0.3, 0.4) is 0 Å². The molecule has 0 saturated heterocycles. The molecular weight excluding hydrogens is 440 g/mol. The molecule has 0 fully saturated rings. The molecule has 1 amide bonds. The number of nitriles is 1. The number of carbonyl (C=O) groups is 3. The number of hydrogen-bond donors (Lipinski definition) is 1. The zero-order valence-corrected chi connectivity index (χ0v) is 19.8. The molecule has 1 aromatic carbocycles. The van der Waals surface area contributed by atoms with E-state index in [4.69, 9.17) is 4.74 Å². The summed E-state index contributed by atoms with van der Waals surface area (Å²) in [7, 11) is 1.34. The van der Waals surface area contributed by atoms with Gasteiger partial charge in [-0.05, 0) is 43.7 Å². The van der Waals surface area contributed by atoms with E-state index < -0.39 is 11.4 Å². The first-order valence-electron chi connectivity index (χ1n) is 11.1. The van der Waals surface area contributed by atoms with E-state index in [-0.39, 0.29) is 31.3 Å². The van der Waals surface area contributed by atoms with Crippen molar-refractivity contribution in [1.82, 2.24) is 0 Å². The Morgan fingerprint density at radius 1 is 1.18 bits per heavy atom. The van der Waals surface area contributed by atoms with E-state index in [2.05, 4.69) is 16.1 Å². The van der Waals surface area contributed by atoms with Gasteiger partial charge >= 0.3 is 11.9 Å². The van der Waals surface area contributed by atoms with Crippen LogP contribution < -0.4 is 5.32 Å². The highest BCUT2D eigenvalue weighted by molar-refractivity contribution is 7.17. The number of benzene rings is 1. The second kappa shape index (κ2) is 11.1. The topological polar surface area (TPSA) is 105 Å². The van der Waals surface area contributed by atoms with Crippen LogP contribution in [0.1, 0.15) is 65.4 Å². The van der Waals surface area contributed by atoms with Crippen LogP contribution >= 0.6 is 11.3 Å². The summed E-state index contributed by atoms with van der Waals surface area (Å²) < 4.78 is 9.89. The van der Waals surface area contributed by atoms with Crippen molar-refractivity contribution in [3.63, 3.8) is 0 Å². The molecule has 1 aliphatic carbocycles. The van der Waals surface area contributed by atoms with Gasteiger partial charge in [0.2, 0.25) is 5.91 Å². The first-order valence-corrected chi connectivity index (χ1v) is 11.9. The molecule has 2 aromatic rings. The molecule has 1 atom stereocenters. The van der Waals surface area contributed by atoms with Gasteiger partial charge in [0.15, 0.2) is 0 Å². The van der Waals surface area contributed by atoms with E-state index in [1.807, 2.05) is 30.3 Å². The molecule has 0 bridgehead atoms. The maximum Gasteiger partial charge on any atom is 0.341 e. The number of esters is 2. The fourth-order valence-corrected chi connectivity index (χ4v) is 5.50. The van der Waals surface area contributed by atoms with Crippen LogP contribution in [0.5, 0.6) is 0 Å². The molecule has 0 spiro atoms. The Balaban J connectivity index is 1.82. The molecule has 8 heteroatoms. The Bertz CT molecular complexity index is 1060. The average Bonchev–Trinajstić information content (AvgIpc) is 3.18.